The smallest absolute Gasteiger partial charge is 0.245 e. The lowest BCUT2D eigenvalue weighted by Crippen LogP contribution is -2.64. The van der Waals surface area contributed by atoms with E-state index in [1.165, 1.54) is 0 Å². The van der Waals surface area contributed by atoms with Gasteiger partial charge in [-0.25, -0.2) is 0 Å². The van der Waals surface area contributed by atoms with E-state index in [0.717, 1.165) is 17.8 Å². The summed E-state index contributed by atoms with van der Waals surface area (Å²) < 4.78 is 1.80. The fourth-order valence-electron chi connectivity index (χ4n) is 2.51. The Morgan fingerprint density at radius 2 is 2.00 bits per heavy atom. The van der Waals surface area contributed by atoms with Crippen LogP contribution < -0.4 is 5.32 Å². The standard InChI is InChI=1S/C14H21ClN4O2/c1-5-9-12(15)10(19(6-2)17-9)8-18-11(20)7-16-13(21)14(18,3)4/h5-8H2,1-4H3,(H,16,21). The van der Waals surface area contributed by atoms with Gasteiger partial charge in [-0.2, -0.15) is 5.10 Å². The average molecular weight is 313 g/mol. The Labute approximate surface area is 129 Å². The number of hydrogen-bond acceptors (Lipinski definition) is 3. The predicted molar refractivity (Wildman–Crippen MR) is 79.9 cm³/mol. The number of rotatable bonds is 4. The molecule has 0 radical (unpaired) electrons. The highest BCUT2D eigenvalue weighted by Gasteiger charge is 2.42. The van der Waals surface area contributed by atoms with Crippen molar-refractivity contribution < 1.29 is 9.59 Å². The number of piperazine rings is 1. The summed E-state index contributed by atoms with van der Waals surface area (Å²) in [4.78, 5) is 25.8. The molecule has 0 unspecified atom stereocenters. The third-order valence-electron chi connectivity index (χ3n) is 3.93. The molecular weight excluding hydrogens is 292 g/mol. The normalized spacial score (nSPS) is 18.0. The second-order valence-corrected chi connectivity index (χ2v) is 5.98. The minimum atomic E-state index is -0.895. The van der Waals surface area contributed by atoms with E-state index in [2.05, 4.69) is 10.4 Å². The van der Waals surface area contributed by atoms with Crippen molar-refractivity contribution in [2.75, 3.05) is 6.54 Å². The van der Waals surface area contributed by atoms with Crippen LogP contribution in [0.1, 0.15) is 39.1 Å². The van der Waals surface area contributed by atoms with Gasteiger partial charge in [-0.1, -0.05) is 18.5 Å². The van der Waals surface area contributed by atoms with Crippen LogP contribution in [0, 0.1) is 0 Å². The van der Waals surface area contributed by atoms with Gasteiger partial charge in [0.05, 0.1) is 29.5 Å². The van der Waals surface area contributed by atoms with Gasteiger partial charge in [0.1, 0.15) is 5.54 Å². The lowest BCUT2D eigenvalue weighted by atomic mass is 9.98. The van der Waals surface area contributed by atoms with Crippen LogP contribution in [0.2, 0.25) is 5.02 Å². The van der Waals surface area contributed by atoms with Gasteiger partial charge < -0.3 is 10.2 Å². The van der Waals surface area contributed by atoms with Gasteiger partial charge in [0.2, 0.25) is 11.8 Å². The van der Waals surface area contributed by atoms with E-state index >= 15 is 0 Å². The Hall–Kier alpha value is -1.56. The average Bonchev–Trinajstić information content (AvgIpc) is 2.75. The van der Waals surface area contributed by atoms with Gasteiger partial charge in [0, 0.05) is 6.54 Å². The van der Waals surface area contributed by atoms with E-state index in [1.54, 1.807) is 23.4 Å². The molecule has 2 amide bonds. The monoisotopic (exact) mass is 312 g/mol. The molecular formula is C14H21ClN4O2. The number of amides is 2. The lowest BCUT2D eigenvalue weighted by Gasteiger charge is -2.41. The first-order chi connectivity index (χ1) is 9.82. The molecule has 21 heavy (non-hydrogen) atoms. The van der Waals surface area contributed by atoms with Gasteiger partial charge in [-0.15, -0.1) is 0 Å². The molecule has 1 saturated heterocycles. The van der Waals surface area contributed by atoms with Gasteiger partial charge in [-0.05, 0) is 27.2 Å². The summed E-state index contributed by atoms with van der Waals surface area (Å²) in [5.41, 5.74) is 0.709. The Kier molecular flexibility index (Phi) is 4.27. The molecule has 1 N–H and O–H groups in total. The Bertz CT molecular complexity index is 580. The topological polar surface area (TPSA) is 67.2 Å². The second kappa shape index (κ2) is 5.67. The van der Waals surface area contributed by atoms with Crippen LogP contribution in [0.15, 0.2) is 0 Å². The second-order valence-electron chi connectivity index (χ2n) is 5.60. The first-order valence-corrected chi connectivity index (χ1v) is 7.53. The maximum absolute atomic E-state index is 12.2. The van der Waals surface area contributed by atoms with E-state index in [-0.39, 0.29) is 18.4 Å². The summed E-state index contributed by atoms with van der Waals surface area (Å²) in [6.07, 6.45) is 0.733. The summed E-state index contributed by atoms with van der Waals surface area (Å²) in [6.45, 7) is 8.42. The van der Waals surface area contributed by atoms with Crippen LogP contribution in [0.5, 0.6) is 0 Å². The Morgan fingerprint density at radius 3 is 2.57 bits per heavy atom. The van der Waals surface area contributed by atoms with Crippen molar-refractivity contribution in [3.63, 3.8) is 0 Å². The molecule has 1 aromatic rings. The maximum Gasteiger partial charge on any atom is 0.245 e. The zero-order valence-corrected chi connectivity index (χ0v) is 13.6. The van der Waals surface area contributed by atoms with Gasteiger partial charge in [0.25, 0.3) is 0 Å². The molecule has 0 saturated carbocycles. The number of nitrogens with one attached hydrogen (secondary N) is 1. The highest BCUT2D eigenvalue weighted by atomic mass is 35.5. The Balaban J connectivity index is 2.38. The minimum Gasteiger partial charge on any atom is -0.345 e. The van der Waals surface area contributed by atoms with Gasteiger partial charge in [0.15, 0.2) is 0 Å². The van der Waals surface area contributed by atoms with Crippen molar-refractivity contribution in [1.82, 2.24) is 20.0 Å². The number of halogens is 1. The molecule has 0 spiro atoms. The fraction of sp³-hybridized carbons (Fsp3) is 0.643. The molecule has 0 bridgehead atoms. The molecule has 1 fully saturated rings. The Morgan fingerprint density at radius 1 is 1.33 bits per heavy atom. The molecule has 116 valence electrons. The summed E-state index contributed by atoms with van der Waals surface area (Å²) in [5.74, 6) is -0.269. The molecule has 2 heterocycles. The zero-order valence-electron chi connectivity index (χ0n) is 12.9. The summed E-state index contributed by atoms with van der Waals surface area (Å²) >= 11 is 6.38. The molecule has 7 heteroatoms. The van der Waals surface area contributed by atoms with Gasteiger partial charge >= 0.3 is 0 Å². The molecule has 0 aliphatic carbocycles. The molecule has 1 aliphatic heterocycles. The minimum absolute atomic E-state index is 0.0286. The van der Waals surface area contributed by atoms with Crippen molar-refractivity contribution >= 4 is 23.4 Å². The third-order valence-corrected chi connectivity index (χ3v) is 4.37. The number of carbonyl (C=O) groups excluding carboxylic acids is 2. The quantitative estimate of drug-likeness (QED) is 0.912. The molecule has 1 aliphatic rings. The predicted octanol–water partition coefficient (Wildman–Crippen LogP) is 1.36. The molecule has 2 rings (SSSR count). The van der Waals surface area contributed by atoms with Crippen molar-refractivity contribution in [1.29, 1.82) is 0 Å². The van der Waals surface area contributed by atoms with Crippen LogP contribution >= 0.6 is 11.6 Å². The van der Waals surface area contributed by atoms with E-state index < -0.39 is 5.54 Å². The summed E-state index contributed by atoms with van der Waals surface area (Å²) in [6, 6.07) is 0. The van der Waals surface area contributed by atoms with E-state index in [0.29, 0.717) is 18.1 Å². The van der Waals surface area contributed by atoms with Crippen LogP contribution in [0.4, 0.5) is 0 Å². The van der Waals surface area contributed by atoms with Crippen LogP contribution in [0.25, 0.3) is 0 Å². The number of aryl methyl sites for hydroxylation is 2. The number of carbonyl (C=O) groups is 2. The van der Waals surface area contributed by atoms with Gasteiger partial charge in [-0.3, -0.25) is 14.3 Å². The summed E-state index contributed by atoms with van der Waals surface area (Å²) in [7, 11) is 0. The van der Waals surface area contributed by atoms with Crippen molar-refractivity contribution in [2.45, 2.75) is 52.7 Å². The van der Waals surface area contributed by atoms with Crippen molar-refractivity contribution in [3.8, 4) is 0 Å². The van der Waals surface area contributed by atoms with Crippen LogP contribution in [-0.4, -0.2) is 38.6 Å². The van der Waals surface area contributed by atoms with E-state index in [9.17, 15) is 9.59 Å². The highest BCUT2D eigenvalue weighted by Crippen LogP contribution is 2.27. The maximum atomic E-state index is 12.2. The first-order valence-electron chi connectivity index (χ1n) is 7.15. The van der Waals surface area contributed by atoms with E-state index in [4.69, 9.17) is 11.6 Å². The SMILES string of the molecule is CCc1nn(CC)c(CN2C(=O)CNC(=O)C2(C)C)c1Cl. The highest BCUT2D eigenvalue weighted by molar-refractivity contribution is 6.31. The molecule has 0 atom stereocenters. The number of aromatic nitrogens is 2. The van der Waals surface area contributed by atoms with E-state index in [1.807, 2.05) is 13.8 Å². The zero-order chi connectivity index (χ0) is 15.8. The lowest BCUT2D eigenvalue weighted by molar-refractivity contribution is -0.152. The van der Waals surface area contributed by atoms with Crippen LogP contribution in [-0.2, 0) is 29.1 Å². The largest absolute Gasteiger partial charge is 0.345 e. The van der Waals surface area contributed by atoms with Crippen molar-refractivity contribution in [2.24, 2.45) is 0 Å². The number of hydrogen-bond donors (Lipinski definition) is 1. The first kappa shape index (κ1) is 15.8. The third kappa shape index (κ3) is 2.64. The number of nitrogens with zero attached hydrogens (tertiary/aromatic N) is 3. The van der Waals surface area contributed by atoms with Crippen LogP contribution in [0.3, 0.4) is 0 Å². The van der Waals surface area contributed by atoms with Crippen molar-refractivity contribution in [3.05, 3.63) is 16.4 Å². The molecule has 6 nitrogen and oxygen atoms in total. The summed E-state index contributed by atoms with van der Waals surface area (Å²) in [5, 5.41) is 7.65. The molecule has 0 aromatic carbocycles. The fourth-order valence-corrected chi connectivity index (χ4v) is 2.83. The molecule has 1 aromatic heterocycles.